The molecule has 2 aromatic carbocycles. The number of phenolic OH excluding ortho intramolecular Hbond substituents is 1. The van der Waals surface area contributed by atoms with Crippen LogP contribution in [0.2, 0.25) is 0 Å². The number of hydrogen-bond donors (Lipinski definition) is 3. The molecule has 5 nitrogen and oxygen atoms in total. The number of oxime groups is 1. The molecule has 5 heteroatoms. The second kappa shape index (κ2) is 5.77. The average Bonchev–Trinajstić information content (AvgIpc) is 2.45. The van der Waals surface area contributed by atoms with Crippen LogP contribution in [0.5, 0.6) is 11.5 Å². The van der Waals surface area contributed by atoms with E-state index in [9.17, 15) is 5.11 Å². The maximum absolute atomic E-state index is 9.34. The van der Waals surface area contributed by atoms with Gasteiger partial charge in [0, 0.05) is 5.56 Å². The first-order valence-electron chi connectivity index (χ1n) is 5.67. The quantitative estimate of drug-likeness (QED) is 0.339. The number of phenols is 1. The second-order valence-electron chi connectivity index (χ2n) is 3.97. The number of ether oxygens (including phenoxy) is 1. The number of nitrogens with zero attached hydrogens (tertiary/aromatic N) is 1. The van der Waals surface area contributed by atoms with Gasteiger partial charge in [-0.25, -0.2) is 0 Å². The van der Waals surface area contributed by atoms with E-state index in [1.165, 1.54) is 0 Å². The van der Waals surface area contributed by atoms with Gasteiger partial charge in [-0.3, -0.25) is 0 Å². The van der Waals surface area contributed by atoms with Crippen LogP contribution >= 0.6 is 0 Å². The third-order valence-corrected chi connectivity index (χ3v) is 2.55. The Morgan fingerprint density at radius 1 is 1.16 bits per heavy atom. The van der Waals surface area contributed by atoms with Crippen molar-refractivity contribution in [3.8, 4) is 11.5 Å². The SMILES string of the molecule is NC(=NO)c1cccc(OCc2cccc(O)c2)c1. The lowest BCUT2D eigenvalue weighted by Crippen LogP contribution is -2.12. The summed E-state index contributed by atoms with van der Waals surface area (Å²) in [6.07, 6.45) is 0. The van der Waals surface area contributed by atoms with Crippen LogP contribution in [0, 0.1) is 0 Å². The van der Waals surface area contributed by atoms with Gasteiger partial charge >= 0.3 is 0 Å². The zero-order valence-electron chi connectivity index (χ0n) is 10.2. The summed E-state index contributed by atoms with van der Waals surface area (Å²) in [5.74, 6) is 0.835. The molecule has 0 atom stereocenters. The van der Waals surface area contributed by atoms with Gasteiger partial charge in [0.05, 0.1) is 0 Å². The predicted octanol–water partition coefficient (Wildman–Crippen LogP) is 2.07. The molecule has 0 spiro atoms. The van der Waals surface area contributed by atoms with E-state index in [-0.39, 0.29) is 11.6 Å². The number of rotatable bonds is 4. The van der Waals surface area contributed by atoms with Crippen molar-refractivity contribution in [1.82, 2.24) is 0 Å². The average molecular weight is 258 g/mol. The lowest BCUT2D eigenvalue weighted by atomic mass is 10.2. The smallest absolute Gasteiger partial charge is 0.170 e. The molecule has 4 N–H and O–H groups in total. The van der Waals surface area contributed by atoms with Crippen LogP contribution in [-0.4, -0.2) is 16.1 Å². The molecular formula is C14H14N2O3. The van der Waals surface area contributed by atoms with Gasteiger partial charge in [0.2, 0.25) is 0 Å². The molecule has 0 aliphatic heterocycles. The van der Waals surface area contributed by atoms with Crippen molar-refractivity contribution >= 4 is 5.84 Å². The third kappa shape index (κ3) is 3.38. The summed E-state index contributed by atoms with van der Waals surface area (Å²) in [6, 6.07) is 13.8. The maximum atomic E-state index is 9.34. The normalized spacial score (nSPS) is 11.3. The van der Waals surface area contributed by atoms with E-state index >= 15 is 0 Å². The van der Waals surface area contributed by atoms with Crippen LogP contribution in [0.25, 0.3) is 0 Å². The molecule has 2 aromatic rings. The standard InChI is InChI=1S/C14H14N2O3/c15-14(16-18)11-4-2-6-13(8-11)19-9-10-3-1-5-12(17)7-10/h1-8,17-18H,9H2,(H2,15,16). The minimum atomic E-state index is 0.0304. The molecule has 0 aliphatic rings. The highest BCUT2D eigenvalue weighted by Crippen LogP contribution is 2.17. The minimum Gasteiger partial charge on any atom is -0.508 e. The van der Waals surface area contributed by atoms with Gasteiger partial charge in [-0.15, -0.1) is 0 Å². The van der Waals surface area contributed by atoms with Gasteiger partial charge in [-0.05, 0) is 29.8 Å². The highest BCUT2D eigenvalue weighted by molar-refractivity contribution is 5.97. The summed E-state index contributed by atoms with van der Waals surface area (Å²) in [5, 5.41) is 20.9. The van der Waals surface area contributed by atoms with Crippen molar-refractivity contribution in [3.63, 3.8) is 0 Å². The first kappa shape index (κ1) is 12.8. The molecular weight excluding hydrogens is 244 g/mol. The van der Waals surface area contributed by atoms with Gasteiger partial charge in [0.1, 0.15) is 18.1 Å². The summed E-state index contributed by atoms with van der Waals surface area (Å²) < 4.78 is 5.58. The fourth-order valence-electron chi connectivity index (χ4n) is 1.62. The Labute approximate surface area is 110 Å². The molecule has 0 bridgehead atoms. The van der Waals surface area contributed by atoms with Crippen LogP contribution in [0.15, 0.2) is 53.7 Å². The monoisotopic (exact) mass is 258 g/mol. The lowest BCUT2D eigenvalue weighted by Gasteiger charge is -2.08. The first-order valence-corrected chi connectivity index (χ1v) is 5.67. The van der Waals surface area contributed by atoms with Crippen molar-refractivity contribution in [2.75, 3.05) is 0 Å². The molecule has 0 heterocycles. The molecule has 0 saturated heterocycles. The van der Waals surface area contributed by atoms with Gasteiger partial charge in [0.15, 0.2) is 5.84 Å². The van der Waals surface area contributed by atoms with Gasteiger partial charge in [-0.2, -0.15) is 0 Å². The Kier molecular flexibility index (Phi) is 3.87. The second-order valence-corrected chi connectivity index (χ2v) is 3.97. The van der Waals surface area contributed by atoms with Crippen LogP contribution in [0.3, 0.4) is 0 Å². The lowest BCUT2D eigenvalue weighted by molar-refractivity contribution is 0.305. The van der Waals surface area contributed by atoms with E-state index in [1.54, 1.807) is 42.5 Å². The largest absolute Gasteiger partial charge is 0.508 e. The molecule has 0 saturated carbocycles. The van der Waals surface area contributed by atoms with Gasteiger partial charge in [-0.1, -0.05) is 29.4 Å². The fraction of sp³-hybridized carbons (Fsp3) is 0.0714. The van der Waals surface area contributed by atoms with Crippen molar-refractivity contribution in [2.45, 2.75) is 6.61 Å². The minimum absolute atomic E-state index is 0.0304. The molecule has 98 valence electrons. The van der Waals surface area contributed by atoms with Gasteiger partial charge in [0.25, 0.3) is 0 Å². The van der Waals surface area contributed by atoms with Crippen LogP contribution in [0.1, 0.15) is 11.1 Å². The number of amidine groups is 1. The highest BCUT2D eigenvalue weighted by Gasteiger charge is 2.02. The molecule has 0 amide bonds. The molecule has 0 radical (unpaired) electrons. The van der Waals surface area contributed by atoms with E-state index in [4.69, 9.17) is 15.7 Å². The van der Waals surface area contributed by atoms with E-state index in [0.717, 1.165) is 5.56 Å². The Morgan fingerprint density at radius 2 is 1.95 bits per heavy atom. The van der Waals surface area contributed by atoms with E-state index in [0.29, 0.717) is 17.9 Å². The predicted molar refractivity (Wildman–Crippen MR) is 71.4 cm³/mol. The highest BCUT2D eigenvalue weighted by atomic mass is 16.5. The molecule has 0 aliphatic carbocycles. The zero-order valence-corrected chi connectivity index (χ0v) is 10.2. The fourth-order valence-corrected chi connectivity index (χ4v) is 1.62. The third-order valence-electron chi connectivity index (χ3n) is 2.55. The summed E-state index contributed by atoms with van der Waals surface area (Å²) >= 11 is 0. The maximum Gasteiger partial charge on any atom is 0.170 e. The Balaban J connectivity index is 2.08. The van der Waals surface area contributed by atoms with Crippen LogP contribution < -0.4 is 10.5 Å². The van der Waals surface area contributed by atoms with Crippen molar-refractivity contribution < 1.29 is 15.1 Å². The van der Waals surface area contributed by atoms with Crippen molar-refractivity contribution in [2.24, 2.45) is 10.9 Å². The number of hydrogen-bond acceptors (Lipinski definition) is 4. The Hall–Kier alpha value is -2.69. The van der Waals surface area contributed by atoms with Crippen molar-refractivity contribution in [3.05, 3.63) is 59.7 Å². The van der Waals surface area contributed by atoms with E-state index < -0.39 is 0 Å². The van der Waals surface area contributed by atoms with Gasteiger partial charge < -0.3 is 20.8 Å². The first-order chi connectivity index (χ1) is 9.19. The molecule has 0 aromatic heterocycles. The topological polar surface area (TPSA) is 88.1 Å². The molecule has 0 unspecified atom stereocenters. The molecule has 2 rings (SSSR count). The molecule has 0 fully saturated rings. The van der Waals surface area contributed by atoms with E-state index in [1.807, 2.05) is 6.07 Å². The number of benzene rings is 2. The number of nitrogens with two attached hydrogens (primary N) is 1. The summed E-state index contributed by atoms with van der Waals surface area (Å²) in [5.41, 5.74) is 6.94. The zero-order chi connectivity index (χ0) is 13.7. The van der Waals surface area contributed by atoms with Crippen LogP contribution in [-0.2, 0) is 6.61 Å². The number of aromatic hydroxyl groups is 1. The van der Waals surface area contributed by atoms with E-state index in [2.05, 4.69) is 5.16 Å². The summed E-state index contributed by atoms with van der Waals surface area (Å²) in [4.78, 5) is 0. The van der Waals surface area contributed by atoms with Crippen molar-refractivity contribution in [1.29, 1.82) is 0 Å². The Morgan fingerprint density at radius 3 is 2.68 bits per heavy atom. The summed E-state index contributed by atoms with van der Waals surface area (Å²) in [7, 11) is 0. The Bertz CT molecular complexity index is 597. The molecule has 19 heavy (non-hydrogen) atoms. The summed E-state index contributed by atoms with van der Waals surface area (Å²) in [6.45, 7) is 0.327. The van der Waals surface area contributed by atoms with Crippen LogP contribution in [0.4, 0.5) is 0 Å².